The first-order valence-corrected chi connectivity index (χ1v) is 13.0. The van der Waals surface area contributed by atoms with Gasteiger partial charge in [-0.3, -0.25) is 9.59 Å². The van der Waals surface area contributed by atoms with Gasteiger partial charge in [-0.2, -0.15) is 11.8 Å². The first-order valence-electron chi connectivity index (χ1n) is 11.6. The van der Waals surface area contributed by atoms with Gasteiger partial charge < -0.3 is 20.5 Å². The molecule has 2 amide bonds. The molecule has 1 aliphatic carbocycles. The summed E-state index contributed by atoms with van der Waals surface area (Å²) in [6.07, 6.45) is 2.68. The Labute approximate surface area is 204 Å². The summed E-state index contributed by atoms with van der Waals surface area (Å²) in [5.74, 6) is -0.589. The summed E-state index contributed by atoms with van der Waals surface area (Å²) in [5.41, 5.74) is 4.54. The second kappa shape index (κ2) is 12.5. The molecule has 2 aromatic rings. The third-order valence-electron chi connectivity index (χ3n) is 6.11. The highest BCUT2D eigenvalue weighted by Crippen LogP contribution is 2.44. The zero-order valence-corrected chi connectivity index (χ0v) is 20.4. The molecule has 2 unspecified atom stereocenters. The van der Waals surface area contributed by atoms with Gasteiger partial charge in [0.05, 0.1) is 0 Å². The highest BCUT2D eigenvalue weighted by Gasteiger charge is 2.30. The first-order chi connectivity index (χ1) is 16.4. The minimum absolute atomic E-state index is 0.0198. The SMILES string of the molecule is CCC(CCC(=O)O)NC(=O)C(CCSC)NC(=O)OCC1c2ccccc2-c2ccccc21. The predicted molar refractivity (Wildman–Crippen MR) is 134 cm³/mol. The molecule has 0 spiro atoms. The topological polar surface area (TPSA) is 105 Å². The molecule has 0 fully saturated rings. The zero-order chi connectivity index (χ0) is 24.5. The molecule has 0 radical (unpaired) electrons. The lowest BCUT2D eigenvalue weighted by Gasteiger charge is -2.23. The van der Waals surface area contributed by atoms with E-state index in [-0.39, 0.29) is 30.9 Å². The summed E-state index contributed by atoms with van der Waals surface area (Å²) in [6.45, 7) is 2.07. The standard InChI is InChI=1S/C26H32N2O5S/c1-3-17(12-13-24(29)30)27-25(31)23(14-15-34-2)28-26(32)33-16-22-20-10-6-4-8-18(20)19-9-5-7-11-21(19)22/h4-11,17,22-23H,3,12-16H2,1-2H3,(H,27,31)(H,28,32)(H,29,30). The number of benzene rings is 2. The van der Waals surface area contributed by atoms with E-state index >= 15 is 0 Å². The summed E-state index contributed by atoms with van der Waals surface area (Å²) in [7, 11) is 0. The Morgan fingerprint density at radius 3 is 2.18 bits per heavy atom. The Morgan fingerprint density at radius 2 is 1.62 bits per heavy atom. The van der Waals surface area contributed by atoms with Crippen molar-refractivity contribution in [2.45, 2.75) is 50.6 Å². The number of amides is 2. The lowest BCUT2D eigenvalue weighted by atomic mass is 9.98. The highest BCUT2D eigenvalue weighted by atomic mass is 32.2. The quantitative estimate of drug-likeness (QED) is 0.412. The van der Waals surface area contributed by atoms with Crippen molar-refractivity contribution in [3.05, 3.63) is 59.7 Å². The Bertz CT molecular complexity index is 967. The van der Waals surface area contributed by atoms with E-state index in [0.717, 1.165) is 22.3 Å². The van der Waals surface area contributed by atoms with Crippen LogP contribution in [0.3, 0.4) is 0 Å². The lowest BCUT2D eigenvalue weighted by Crippen LogP contribution is -2.50. The molecule has 0 aliphatic heterocycles. The van der Waals surface area contributed by atoms with Crippen molar-refractivity contribution < 1.29 is 24.2 Å². The number of carboxylic acid groups (broad SMARTS) is 1. The van der Waals surface area contributed by atoms with Crippen molar-refractivity contribution in [3.8, 4) is 11.1 Å². The third kappa shape index (κ3) is 6.53. The number of hydrogen-bond donors (Lipinski definition) is 3. The van der Waals surface area contributed by atoms with Gasteiger partial charge in [-0.1, -0.05) is 55.5 Å². The average Bonchev–Trinajstić information content (AvgIpc) is 3.16. The van der Waals surface area contributed by atoms with Crippen LogP contribution in [0.2, 0.25) is 0 Å². The number of carboxylic acids is 1. The van der Waals surface area contributed by atoms with E-state index < -0.39 is 18.1 Å². The molecule has 1 aliphatic rings. The first kappa shape index (κ1) is 25.6. The molecule has 2 aromatic carbocycles. The molecule has 0 saturated heterocycles. The van der Waals surface area contributed by atoms with Crippen LogP contribution in [0, 0.1) is 0 Å². The third-order valence-corrected chi connectivity index (χ3v) is 6.75. The van der Waals surface area contributed by atoms with Gasteiger partial charge in [0.25, 0.3) is 0 Å². The number of carbonyl (C=O) groups excluding carboxylic acids is 2. The molecule has 0 heterocycles. The summed E-state index contributed by atoms with van der Waals surface area (Å²) in [4.78, 5) is 36.4. The number of rotatable bonds is 12. The number of hydrogen-bond acceptors (Lipinski definition) is 5. The van der Waals surface area contributed by atoms with E-state index in [2.05, 4.69) is 34.9 Å². The van der Waals surface area contributed by atoms with Crippen LogP contribution in [0.15, 0.2) is 48.5 Å². The monoisotopic (exact) mass is 484 g/mol. The number of carbonyl (C=O) groups is 3. The molecule has 2 atom stereocenters. The molecule has 0 saturated carbocycles. The number of aliphatic carboxylic acids is 1. The number of alkyl carbamates (subject to hydrolysis) is 1. The molecule has 3 rings (SSSR count). The molecule has 34 heavy (non-hydrogen) atoms. The van der Waals surface area contributed by atoms with E-state index in [1.165, 1.54) is 0 Å². The van der Waals surface area contributed by atoms with E-state index in [1.807, 2.05) is 37.4 Å². The predicted octanol–water partition coefficient (Wildman–Crippen LogP) is 4.41. The fraction of sp³-hybridized carbons (Fsp3) is 0.423. The maximum absolute atomic E-state index is 12.8. The van der Waals surface area contributed by atoms with Crippen LogP contribution in [0.25, 0.3) is 11.1 Å². The molecular weight excluding hydrogens is 452 g/mol. The zero-order valence-electron chi connectivity index (χ0n) is 19.6. The van der Waals surface area contributed by atoms with Gasteiger partial charge in [-0.05, 0) is 53.5 Å². The van der Waals surface area contributed by atoms with Gasteiger partial charge in [0.15, 0.2) is 0 Å². The van der Waals surface area contributed by atoms with Crippen LogP contribution >= 0.6 is 11.8 Å². The molecule has 0 aromatic heterocycles. The van der Waals surface area contributed by atoms with Gasteiger partial charge in [0.1, 0.15) is 12.6 Å². The minimum Gasteiger partial charge on any atom is -0.481 e. The maximum Gasteiger partial charge on any atom is 0.407 e. The Hall–Kier alpha value is -3.00. The van der Waals surface area contributed by atoms with Gasteiger partial charge >= 0.3 is 12.1 Å². The number of thioether (sulfide) groups is 1. The van der Waals surface area contributed by atoms with Crippen molar-refractivity contribution in [2.24, 2.45) is 0 Å². The van der Waals surface area contributed by atoms with Crippen LogP contribution in [0.5, 0.6) is 0 Å². The highest BCUT2D eigenvalue weighted by molar-refractivity contribution is 7.98. The second-order valence-corrected chi connectivity index (χ2v) is 9.34. The Kier molecular flexibility index (Phi) is 9.39. The minimum atomic E-state index is -0.900. The lowest BCUT2D eigenvalue weighted by molar-refractivity contribution is -0.137. The van der Waals surface area contributed by atoms with E-state index in [0.29, 0.717) is 25.0 Å². The molecule has 7 nitrogen and oxygen atoms in total. The van der Waals surface area contributed by atoms with Crippen LogP contribution < -0.4 is 10.6 Å². The van der Waals surface area contributed by atoms with Gasteiger partial charge in [0, 0.05) is 18.4 Å². The van der Waals surface area contributed by atoms with Crippen LogP contribution in [0.4, 0.5) is 4.79 Å². The van der Waals surface area contributed by atoms with Gasteiger partial charge in [-0.25, -0.2) is 4.79 Å². The van der Waals surface area contributed by atoms with Crippen molar-refractivity contribution in [2.75, 3.05) is 18.6 Å². The molecular formula is C26H32N2O5S. The second-order valence-electron chi connectivity index (χ2n) is 8.35. The molecule has 0 bridgehead atoms. The molecule has 8 heteroatoms. The number of ether oxygens (including phenoxy) is 1. The summed E-state index contributed by atoms with van der Waals surface area (Å²) in [6, 6.07) is 15.2. The summed E-state index contributed by atoms with van der Waals surface area (Å²) in [5, 5.41) is 14.5. The number of fused-ring (bicyclic) bond motifs is 3. The van der Waals surface area contributed by atoms with Crippen molar-refractivity contribution in [1.82, 2.24) is 10.6 Å². The van der Waals surface area contributed by atoms with E-state index in [4.69, 9.17) is 9.84 Å². The van der Waals surface area contributed by atoms with Crippen LogP contribution in [-0.4, -0.2) is 53.8 Å². The average molecular weight is 485 g/mol. The maximum atomic E-state index is 12.8. The largest absolute Gasteiger partial charge is 0.481 e. The van der Waals surface area contributed by atoms with Gasteiger partial charge in [-0.15, -0.1) is 0 Å². The van der Waals surface area contributed by atoms with Crippen LogP contribution in [0.1, 0.15) is 49.7 Å². The van der Waals surface area contributed by atoms with Gasteiger partial charge in [0.2, 0.25) is 5.91 Å². The van der Waals surface area contributed by atoms with Crippen molar-refractivity contribution >= 4 is 29.7 Å². The smallest absolute Gasteiger partial charge is 0.407 e. The normalized spacial score (nSPS) is 13.9. The Morgan fingerprint density at radius 1 is 1.00 bits per heavy atom. The summed E-state index contributed by atoms with van der Waals surface area (Å²) >= 11 is 1.58. The van der Waals surface area contributed by atoms with Crippen molar-refractivity contribution in [3.63, 3.8) is 0 Å². The summed E-state index contributed by atoms with van der Waals surface area (Å²) < 4.78 is 5.60. The molecule has 182 valence electrons. The fourth-order valence-electron chi connectivity index (χ4n) is 4.26. The Balaban J connectivity index is 1.62. The van der Waals surface area contributed by atoms with Crippen LogP contribution in [-0.2, 0) is 14.3 Å². The number of nitrogens with one attached hydrogen (secondary N) is 2. The van der Waals surface area contributed by atoms with E-state index in [9.17, 15) is 14.4 Å². The van der Waals surface area contributed by atoms with Crippen molar-refractivity contribution in [1.29, 1.82) is 0 Å². The van der Waals surface area contributed by atoms with E-state index in [1.54, 1.807) is 11.8 Å². The fourth-order valence-corrected chi connectivity index (χ4v) is 4.74. The molecule has 3 N–H and O–H groups in total.